The Morgan fingerprint density at radius 1 is 1.45 bits per heavy atom. The largest absolute Gasteiger partial charge is 0.346 e. The van der Waals surface area contributed by atoms with E-state index in [0.717, 1.165) is 49.9 Å². The first-order valence-corrected chi connectivity index (χ1v) is 7.38. The van der Waals surface area contributed by atoms with Gasteiger partial charge in [0.05, 0.1) is 6.34 Å². The molecule has 0 aromatic carbocycles. The third-order valence-corrected chi connectivity index (χ3v) is 3.20. The lowest BCUT2D eigenvalue weighted by Crippen LogP contribution is -2.12. The summed E-state index contributed by atoms with van der Waals surface area (Å²) in [5, 5.41) is 3.20. The lowest BCUT2D eigenvalue weighted by molar-refractivity contribution is 0.852. The molecule has 0 aromatic rings. The Balaban J connectivity index is 2.54. The maximum Gasteiger partial charge on any atom is 0.0868 e. The number of allylic oxidation sites excluding steroid dienone is 6. The summed E-state index contributed by atoms with van der Waals surface area (Å²) >= 11 is 0. The normalized spacial score (nSPS) is 15.8. The molecule has 1 aliphatic heterocycles. The zero-order chi connectivity index (χ0) is 14.6. The summed E-state index contributed by atoms with van der Waals surface area (Å²) in [4.78, 5) is 4.31. The van der Waals surface area contributed by atoms with E-state index in [-0.39, 0.29) is 0 Å². The van der Waals surface area contributed by atoms with Gasteiger partial charge in [0.25, 0.3) is 0 Å². The van der Waals surface area contributed by atoms with Crippen LogP contribution in [-0.4, -0.2) is 12.9 Å². The van der Waals surface area contributed by atoms with E-state index in [1.165, 1.54) is 5.57 Å². The first kappa shape index (κ1) is 16.2. The summed E-state index contributed by atoms with van der Waals surface area (Å²) in [6, 6.07) is 0. The minimum atomic E-state index is 0.867. The zero-order valence-corrected chi connectivity index (χ0v) is 12.6. The summed E-state index contributed by atoms with van der Waals surface area (Å²) in [6.07, 6.45) is 17.6. The van der Waals surface area contributed by atoms with Crippen LogP contribution in [0.2, 0.25) is 0 Å². The van der Waals surface area contributed by atoms with Crippen molar-refractivity contribution < 1.29 is 0 Å². The average molecular weight is 270 g/mol. The van der Waals surface area contributed by atoms with Gasteiger partial charge in [-0.05, 0) is 43.8 Å². The van der Waals surface area contributed by atoms with Crippen molar-refractivity contribution in [3.05, 3.63) is 60.4 Å². The van der Waals surface area contributed by atoms with E-state index in [2.05, 4.69) is 60.8 Å². The van der Waals surface area contributed by atoms with Gasteiger partial charge >= 0.3 is 0 Å². The molecule has 0 unspecified atom stereocenters. The average Bonchev–Trinajstić information content (AvgIpc) is 2.48. The number of rotatable bonds is 6. The van der Waals surface area contributed by atoms with Crippen molar-refractivity contribution >= 4 is 6.34 Å². The molecular weight excluding hydrogens is 244 g/mol. The molecule has 0 aliphatic carbocycles. The fourth-order valence-corrected chi connectivity index (χ4v) is 1.77. The molecule has 1 aliphatic rings. The predicted octanol–water partition coefficient (Wildman–Crippen LogP) is 4.70. The van der Waals surface area contributed by atoms with E-state index in [4.69, 9.17) is 0 Å². The number of hydrogen-bond acceptors (Lipinski definition) is 2. The van der Waals surface area contributed by atoms with Crippen molar-refractivity contribution in [2.75, 3.05) is 6.54 Å². The van der Waals surface area contributed by atoms with Crippen molar-refractivity contribution in [3.8, 4) is 0 Å². The second-order valence-corrected chi connectivity index (χ2v) is 4.90. The molecule has 2 nitrogen and oxygen atoms in total. The van der Waals surface area contributed by atoms with Gasteiger partial charge in [0.2, 0.25) is 0 Å². The Bertz CT molecular complexity index is 436. The third-order valence-electron chi connectivity index (χ3n) is 3.20. The van der Waals surface area contributed by atoms with Crippen molar-refractivity contribution in [1.29, 1.82) is 0 Å². The van der Waals surface area contributed by atoms with Crippen LogP contribution < -0.4 is 5.32 Å². The molecule has 2 heteroatoms. The van der Waals surface area contributed by atoms with Crippen LogP contribution >= 0.6 is 0 Å². The lowest BCUT2D eigenvalue weighted by Gasteiger charge is -2.07. The van der Waals surface area contributed by atoms with E-state index in [1.54, 1.807) is 6.34 Å². The first-order chi connectivity index (χ1) is 9.74. The number of hydrogen-bond donors (Lipinski definition) is 1. The Kier molecular flexibility index (Phi) is 8.13. The highest BCUT2D eigenvalue weighted by molar-refractivity contribution is 5.61. The zero-order valence-electron chi connectivity index (χ0n) is 12.6. The van der Waals surface area contributed by atoms with Gasteiger partial charge in [-0.3, -0.25) is 4.99 Å². The lowest BCUT2D eigenvalue weighted by atomic mass is 10.1. The van der Waals surface area contributed by atoms with Crippen molar-refractivity contribution in [1.82, 2.24) is 5.32 Å². The van der Waals surface area contributed by atoms with Gasteiger partial charge in [-0.2, -0.15) is 0 Å². The molecule has 108 valence electrons. The molecule has 0 bridgehead atoms. The molecule has 1 heterocycles. The highest BCUT2D eigenvalue weighted by Gasteiger charge is 1.97. The number of aliphatic imine (C=N–C) groups is 1. The minimum Gasteiger partial charge on any atom is -0.346 e. The molecule has 0 saturated heterocycles. The molecule has 0 radical (unpaired) electrons. The van der Waals surface area contributed by atoms with E-state index in [9.17, 15) is 0 Å². The molecule has 0 amide bonds. The summed E-state index contributed by atoms with van der Waals surface area (Å²) in [6.45, 7) is 11.1. The van der Waals surface area contributed by atoms with Gasteiger partial charge in [-0.15, -0.1) is 0 Å². The van der Waals surface area contributed by atoms with Gasteiger partial charge in [-0.25, -0.2) is 0 Å². The molecule has 0 saturated carbocycles. The van der Waals surface area contributed by atoms with E-state index in [1.807, 2.05) is 0 Å². The van der Waals surface area contributed by atoms with Crippen molar-refractivity contribution in [2.24, 2.45) is 4.99 Å². The predicted molar refractivity (Wildman–Crippen MR) is 89.9 cm³/mol. The second-order valence-electron chi connectivity index (χ2n) is 4.90. The second kappa shape index (κ2) is 10.0. The first-order valence-electron chi connectivity index (χ1n) is 7.38. The van der Waals surface area contributed by atoms with Crippen molar-refractivity contribution in [2.45, 2.75) is 39.0 Å². The summed E-state index contributed by atoms with van der Waals surface area (Å²) in [5.41, 5.74) is 3.27. The highest BCUT2D eigenvalue weighted by Crippen LogP contribution is 2.11. The molecule has 1 rings (SSSR count). The Hall–Kier alpha value is -1.83. The minimum absolute atomic E-state index is 0.867. The molecule has 0 spiro atoms. The standard InChI is InChI=1S/C18H26N2/c1-4-16(2)11-8-9-12-17(3)18-13-7-5-6-10-14-19-15-20-18/h5,7,9,12-13,15H,2-4,6,8,10-11,14H2,1H3,(H,19,20)/b7-5?,12-9-,18-13?. The van der Waals surface area contributed by atoms with Crippen LogP contribution in [0.5, 0.6) is 0 Å². The smallest absolute Gasteiger partial charge is 0.0868 e. The third kappa shape index (κ3) is 6.93. The molecule has 0 fully saturated rings. The quantitative estimate of drug-likeness (QED) is 0.549. The Labute approximate surface area is 123 Å². The monoisotopic (exact) mass is 270 g/mol. The fourth-order valence-electron chi connectivity index (χ4n) is 1.77. The number of nitrogens with zero attached hydrogens (tertiary/aromatic N) is 1. The van der Waals surface area contributed by atoms with Crippen LogP contribution in [0.25, 0.3) is 0 Å². The van der Waals surface area contributed by atoms with Crippen LogP contribution in [0, 0.1) is 0 Å². The molecule has 1 N–H and O–H groups in total. The van der Waals surface area contributed by atoms with Gasteiger partial charge < -0.3 is 5.32 Å². The van der Waals surface area contributed by atoms with Crippen LogP contribution in [0.1, 0.15) is 39.0 Å². The van der Waals surface area contributed by atoms with E-state index in [0.29, 0.717) is 0 Å². The summed E-state index contributed by atoms with van der Waals surface area (Å²) in [7, 11) is 0. The molecule has 0 atom stereocenters. The van der Waals surface area contributed by atoms with E-state index >= 15 is 0 Å². The van der Waals surface area contributed by atoms with Crippen LogP contribution in [-0.2, 0) is 0 Å². The van der Waals surface area contributed by atoms with Crippen LogP contribution in [0.4, 0.5) is 0 Å². The van der Waals surface area contributed by atoms with Crippen LogP contribution in [0.3, 0.4) is 0 Å². The van der Waals surface area contributed by atoms with E-state index < -0.39 is 0 Å². The van der Waals surface area contributed by atoms with Gasteiger partial charge in [-0.1, -0.05) is 50.0 Å². The molecule has 20 heavy (non-hydrogen) atoms. The van der Waals surface area contributed by atoms with Crippen molar-refractivity contribution in [3.63, 3.8) is 0 Å². The Morgan fingerprint density at radius 2 is 2.30 bits per heavy atom. The molecule has 0 aromatic heterocycles. The highest BCUT2D eigenvalue weighted by atomic mass is 14.9. The molecular formula is C18H26N2. The SMILES string of the molecule is C=C(CC)CC/C=C\C(=C)C1=CC=CCCCN=CN1. The maximum absolute atomic E-state index is 4.31. The fraction of sp³-hybridized carbons (Fsp3) is 0.389. The van der Waals surface area contributed by atoms with Gasteiger partial charge in [0.15, 0.2) is 0 Å². The summed E-state index contributed by atoms with van der Waals surface area (Å²) in [5.74, 6) is 0. The van der Waals surface area contributed by atoms with Gasteiger partial charge in [0, 0.05) is 12.2 Å². The number of nitrogens with one attached hydrogen (secondary N) is 1. The summed E-state index contributed by atoms with van der Waals surface area (Å²) < 4.78 is 0. The maximum atomic E-state index is 4.31. The van der Waals surface area contributed by atoms with Gasteiger partial charge in [0.1, 0.15) is 0 Å². The Morgan fingerprint density at radius 3 is 3.10 bits per heavy atom. The topological polar surface area (TPSA) is 24.4 Å². The van der Waals surface area contributed by atoms with Crippen LogP contribution in [0.15, 0.2) is 65.4 Å².